The summed E-state index contributed by atoms with van der Waals surface area (Å²) < 4.78 is 39.7. The van der Waals surface area contributed by atoms with Crippen molar-refractivity contribution in [3.8, 4) is 39.2 Å². The second-order valence-electron chi connectivity index (χ2n) is 17.2. The maximum atomic E-state index is 13.8. The van der Waals surface area contributed by atoms with Crippen molar-refractivity contribution in [3.05, 3.63) is 173 Å². The van der Waals surface area contributed by atoms with Gasteiger partial charge in [-0.05, 0) is 97.3 Å². The molecule has 5 aromatic carbocycles. The number of aliphatic carboxylic acids is 1. The highest BCUT2D eigenvalue weighted by atomic mass is 79.9. The number of ether oxygens (including phenoxy) is 3. The van der Waals surface area contributed by atoms with Gasteiger partial charge in [0.25, 0.3) is 8.32 Å². The van der Waals surface area contributed by atoms with Gasteiger partial charge in [-0.25, -0.2) is 29.1 Å². The molecule has 15 heteroatoms. The summed E-state index contributed by atoms with van der Waals surface area (Å²) >= 11 is 5.02. The zero-order valence-corrected chi connectivity index (χ0v) is 41.3. The molecule has 0 bridgehead atoms. The van der Waals surface area contributed by atoms with Crippen LogP contribution in [-0.2, 0) is 28.7 Å². The molecule has 0 fully saturated rings. The Morgan fingerprint density at radius 2 is 1.54 bits per heavy atom. The topological polar surface area (TPSA) is 146 Å². The van der Waals surface area contributed by atoms with E-state index in [9.17, 15) is 19.4 Å². The van der Waals surface area contributed by atoms with Crippen molar-refractivity contribution in [2.45, 2.75) is 63.9 Å². The van der Waals surface area contributed by atoms with Crippen LogP contribution in [0.5, 0.6) is 17.4 Å². The smallest absolute Gasteiger partial charge is 0.345 e. The van der Waals surface area contributed by atoms with Crippen molar-refractivity contribution in [3.63, 3.8) is 0 Å². The third kappa shape index (κ3) is 10.7. The zero-order valence-electron chi connectivity index (χ0n) is 37.9. The monoisotopic (exact) mass is 1010 g/mol. The lowest BCUT2D eigenvalue weighted by molar-refractivity contribution is -0.145. The summed E-state index contributed by atoms with van der Waals surface area (Å²) in [7, 11) is -1.30. The first-order valence-electron chi connectivity index (χ1n) is 22.1. The Morgan fingerprint density at radius 1 is 0.853 bits per heavy atom. The summed E-state index contributed by atoms with van der Waals surface area (Å²) in [5.74, 6) is 0.0226. The number of hydrogen-bond acceptors (Lipinski definition) is 11. The number of benzene rings is 5. The van der Waals surface area contributed by atoms with Gasteiger partial charge in [0.2, 0.25) is 12.0 Å². The van der Waals surface area contributed by atoms with Crippen molar-refractivity contribution in [2.24, 2.45) is 0 Å². The molecule has 348 valence electrons. The van der Waals surface area contributed by atoms with Gasteiger partial charge in [0.05, 0.1) is 45.8 Å². The lowest BCUT2D eigenvalue weighted by Gasteiger charge is -2.43. The number of nitrogens with zero attached hydrogens (tertiary/aromatic N) is 4. The van der Waals surface area contributed by atoms with Crippen LogP contribution in [0.2, 0.25) is 5.04 Å². The van der Waals surface area contributed by atoms with Crippen molar-refractivity contribution < 1.29 is 38.0 Å². The Balaban J connectivity index is 1.06. The van der Waals surface area contributed by atoms with Gasteiger partial charge in [0, 0.05) is 12.6 Å². The van der Waals surface area contributed by atoms with E-state index in [1.165, 1.54) is 29.8 Å². The summed E-state index contributed by atoms with van der Waals surface area (Å²) in [5, 5.41) is 24.8. The van der Waals surface area contributed by atoms with Gasteiger partial charge in [-0.2, -0.15) is 0 Å². The van der Waals surface area contributed by atoms with Gasteiger partial charge < -0.3 is 28.8 Å². The van der Waals surface area contributed by atoms with E-state index in [4.69, 9.17) is 23.6 Å². The minimum atomic E-state index is -2.89. The molecule has 0 saturated heterocycles. The molecule has 8 aromatic rings. The third-order valence-electron chi connectivity index (χ3n) is 11.7. The molecule has 2 unspecified atom stereocenters. The lowest BCUT2D eigenvalue weighted by Crippen LogP contribution is -2.67. The Morgan fingerprint density at radius 3 is 2.22 bits per heavy atom. The van der Waals surface area contributed by atoms with Crippen LogP contribution in [0.3, 0.4) is 0 Å². The van der Waals surface area contributed by atoms with E-state index in [2.05, 4.69) is 75.9 Å². The van der Waals surface area contributed by atoms with Crippen molar-refractivity contribution in [1.29, 1.82) is 0 Å². The van der Waals surface area contributed by atoms with Crippen LogP contribution in [0.1, 0.15) is 44.0 Å². The summed E-state index contributed by atoms with van der Waals surface area (Å²) in [6.07, 6.45) is 1.51. The van der Waals surface area contributed by atoms with Crippen molar-refractivity contribution >= 4 is 62.1 Å². The Labute approximate surface area is 407 Å². The fraction of sp³-hybridized carbons (Fsp3) is 0.226. The molecule has 3 aromatic heterocycles. The largest absolute Gasteiger partial charge is 0.496 e. The molecule has 11 nitrogen and oxygen atoms in total. The SMILES string of the molecule is COc1ccccc1-c1nccc(COc2ccc(CCC(O)CO[Si](c3ccccc3)(c3ccccc3)C(C)(C)C)cc2CC(Oc2ncnc3sc(-c4ccc(F)cc4)c(Br)c23)C(=O)O)n1. The maximum Gasteiger partial charge on any atom is 0.345 e. The van der Waals surface area contributed by atoms with E-state index in [-0.39, 0.29) is 36.4 Å². The van der Waals surface area contributed by atoms with Crippen LogP contribution in [0, 0.1) is 5.82 Å². The molecule has 0 aliphatic rings. The average molecular weight is 1010 g/mol. The first-order chi connectivity index (χ1) is 32.8. The van der Waals surface area contributed by atoms with Crippen LogP contribution in [0.15, 0.2) is 150 Å². The van der Waals surface area contributed by atoms with Gasteiger partial charge in [0.15, 0.2) is 5.82 Å². The number of carboxylic acid groups (broad SMARTS) is 1. The number of carbonyl (C=O) groups is 1. The number of aliphatic hydroxyl groups excluding tert-OH is 1. The molecule has 0 amide bonds. The van der Waals surface area contributed by atoms with Crippen LogP contribution >= 0.6 is 27.3 Å². The third-order valence-corrected chi connectivity index (χ3v) is 18.9. The highest BCUT2D eigenvalue weighted by molar-refractivity contribution is 9.10. The van der Waals surface area contributed by atoms with Crippen LogP contribution in [0.25, 0.3) is 32.0 Å². The fourth-order valence-corrected chi connectivity index (χ4v) is 14.9. The van der Waals surface area contributed by atoms with Crippen molar-refractivity contribution in [1.82, 2.24) is 19.9 Å². The van der Waals surface area contributed by atoms with E-state index < -0.39 is 26.5 Å². The predicted molar refractivity (Wildman–Crippen MR) is 269 cm³/mol. The van der Waals surface area contributed by atoms with E-state index in [1.807, 2.05) is 78.9 Å². The number of thiophene rings is 1. The van der Waals surface area contributed by atoms with E-state index in [0.717, 1.165) is 31.9 Å². The number of para-hydroxylation sites is 1. The van der Waals surface area contributed by atoms with Crippen LogP contribution < -0.4 is 24.6 Å². The van der Waals surface area contributed by atoms with E-state index in [1.54, 1.807) is 31.5 Å². The quantitative estimate of drug-likeness (QED) is 0.0747. The van der Waals surface area contributed by atoms with Gasteiger partial charge in [0.1, 0.15) is 35.1 Å². The summed E-state index contributed by atoms with van der Waals surface area (Å²) in [5.41, 5.74) is 3.49. The molecule has 0 radical (unpaired) electrons. The van der Waals surface area contributed by atoms with Gasteiger partial charge in [-0.3, -0.25) is 0 Å². The average Bonchev–Trinajstić information content (AvgIpc) is 3.69. The second-order valence-corrected chi connectivity index (χ2v) is 23.3. The Kier molecular flexibility index (Phi) is 15.1. The first-order valence-corrected chi connectivity index (χ1v) is 25.6. The summed E-state index contributed by atoms with van der Waals surface area (Å²) in [4.78, 5) is 32.5. The van der Waals surface area contributed by atoms with Crippen LogP contribution in [0.4, 0.5) is 4.39 Å². The number of aliphatic hydroxyl groups is 1. The summed E-state index contributed by atoms with van der Waals surface area (Å²) in [6, 6.07) is 41.5. The minimum Gasteiger partial charge on any atom is -0.496 e. The number of hydrogen-bond donors (Lipinski definition) is 2. The molecule has 0 aliphatic heterocycles. The van der Waals surface area contributed by atoms with Gasteiger partial charge in [-0.1, -0.05) is 118 Å². The summed E-state index contributed by atoms with van der Waals surface area (Å²) in [6.45, 7) is 6.78. The number of halogens is 2. The number of methoxy groups -OCH3 is 1. The van der Waals surface area contributed by atoms with Gasteiger partial charge >= 0.3 is 5.97 Å². The molecule has 2 N–H and O–H groups in total. The first kappa shape index (κ1) is 48.1. The van der Waals surface area contributed by atoms with Crippen molar-refractivity contribution in [2.75, 3.05) is 13.7 Å². The Bertz CT molecular complexity index is 2960. The maximum absolute atomic E-state index is 13.8. The highest BCUT2D eigenvalue weighted by Crippen LogP contribution is 2.45. The fourth-order valence-electron chi connectivity index (χ4n) is 8.34. The highest BCUT2D eigenvalue weighted by Gasteiger charge is 2.50. The number of aryl methyl sites for hydroxylation is 1. The van der Waals surface area contributed by atoms with E-state index >= 15 is 0 Å². The zero-order chi connectivity index (χ0) is 47.8. The number of carboxylic acids is 1. The minimum absolute atomic E-state index is 0.0501. The number of fused-ring (bicyclic) bond motifs is 1. The van der Waals surface area contributed by atoms with E-state index in [0.29, 0.717) is 56.1 Å². The van der Waals surface area contributed by atoms with Gasteiger partial charge in [-0.15, -0.1) is 11.3 Å². The molecule has 8 rings (SSSR count). The number of aromatic nitrogens is 4. The normalized spacial score (nSPS) is 12.7. The molecular weight excluding hydrogens is 964 g/mol. The van der Waals surface area contributed by atoms with Crippen LogP contribution in [-0.4, -0.2) is 70.4 Å². The Hall–Kier alpha value is -6.36. The second kappa shape index (κ2) is 21.3. The molecule has 0 spiro atoms. The molecular formula is C53H50BrFN4O7SSi. The molecule has 68 heavy (non-hydrogen) atoms. The standard InChI is InChI=1S/C53H50BrFN4O7SSi/c1-53(2,3)68(40-13-7-5-8-14-40,41-15-9-6-10-16-41)65-32-39(60)25-19-34-20-26-43(64-31-38-27-28-56-49(59-38)42-17-11-12-18-44(42)63-4)36(29-34)30-45(52(61)62)66-50-46-47(54)48(67-51(46)58-33-57-50)35-21-23-37(55)24-22-35/h5-18,20-24,26-29,33,39,45,60H,19,25,30-32H2,1-4H3,(H,61,62). The predicted octanol–water partition coefficient (Wildman–Crippen LogP) is 10.2. The molecule has 2 atom stereocenters. The molecule has 0 saturated carbocycles. The lowest BCUT2D eigenvalue weighted by atomic mass is 10.00. The number of rotatable bonds is 19. The molecule has 0 aliphatic carbocycles. The molecule has 3 heterocycles.